The Morgan fingerprint density at radius 2 is 2.04 bits per heavy atom. The number of benzene rings is 2. The lowest BCUT2D eigenvalue weighted by Crippen LogP contribution is -2.24. The Hall–Kier alpha value is -3.04. The van der Waals surface area contributed by atoms with Crippen LogP contribution >= 0.6 is 23.8 Å². The van der Waals surface area contributed by atoms with E-state index in [4.69, 9.17) is 23.8 Å². The third kappa shape index (κ3) is 3.79. The molecule has 1 aromatic heterocycles. The highest BCUT2D eigenvalue weighted by Gasteiger charge is 2.13. The lowest BCUT2D eigenvalue weighted by Gasteiger charge is -2.08. The second-order valence-corrected chi connectivity index (χ2v) is 6.07. The van der Waals surface area contributed by atoms with Crippen molar-refractivity contribution in [3.63, 3.8) is 0 Å². The largest absolute Gasteiger partial charge is 0.345 e. The lowest BCUT2D eigenvalue weighted by atomic mass is 10.2. The first-order chi connectivity index (χ1) is 12.5. The van der Waals surface area contributed by atoms with Crippen LogP contribution in [0.2, 0.25) is 5.02 Å². The van der Waals surface area contributed by atoms with Gasteiger partial charge in [0.15, 0.2) is 10.6 Å². The van der Waals surface area contributed by atoms with E-state index in [2.05, 4.69) is 15.5 Å². The van der Waals surface area contributed by atoms with Gasteiger partial charge in [0.2, 0.25) is 0 Å². The smallest absolute Gasteiger partial charge is 0.269 e. The maximum Gasteiger partial charge on any atom is 0.269 e. The van der Waals surface area contributed by atoms with Crippen LogP contribution in [0.3, 0.4) is 0 Å². The maximum atomic E-state index is 12.2. The zero-order chi connectivity index (χ0) is 18.7. The van der Waals surface area contributed by atoms with E-state index in [0.717, 1.165) is 5.69 Å². The van der Waals surface area contributed by atoms with E-state index in [0.29, 0.717) is 21.2 Å². The van der Waals surface area contributed by atoms with Crippen LogP contribution in [0.25, 0.3) is 5.69 Å². The number of aromatic amines is 1. The number of nitro benzene ring substituents is 1. The molecule has 0 saturated heterocycles. The summed E-state index contributed by atoms with van der Waals surface area (Å²) < 4.78 is 2.03. The van der Waals surface area contributed by atoms with Crippen LogP contribution in [0.15, 0.2) is 48.5 Å². The number of nitrogens with one attached hydrogen (secondary N) is 2. The van der Waals surface area contributed by atoms with Crippen LogP contribution in [0, 0.1) is 14.9 Å². The van der Waals surface area contributed by atoms with Crippen LogP contribution in [0.4, 0.5) is 5.69 Å². The highest BCUT2D eigenvalue weighted by Crippen LogP contribution is 2.17. The van der Waals surface area contributed by atoms with E-state index in [1.165, 1.54) is 24.3 Å². The number of halogens is 1. The van der Waals surface area contributed by atoms with Crippen molar-refractivity contribution in [3.8, 4) is 5.69 Å². The first-order valence-electron chi connectivity index (χ1n) is 7.40. The number of amides is 1. The molecule has 0 spiro atoms. The van der Waals surface area contributed by atoms with Gasteiger partial charge in [-0.1, -0.05) is 17.7 Å². The number of H-pyrrole nitrogens is 1. The minimum atomic E-state index is -0.523. The fourth-order valence-corrected chi connectivity index (χ4v) is 2.77. The van der Waals surface area contributed by atoms with E-state index in [1.807, 2.05) is 6.07 Å². The van der Waals surface area contributed by atoms with E-state index in [-0.39, 0.29) is 18.1 Å². The second-order valence-electron chi connectivity index (χ2n) is 5.25. The topological polar surface area (TPSA) is 106 Å². The third-order valence-electron chi connectivity index (χ3n) is 3.56. The van der Waals surface area contributed by atoms with Crippen molar-refractivity contribution < 1.29 is 9.72 Å². The Morgan fingerprint density at radius 1 is 1.31 bits per heavy atom. The van der Waals surface area contributed by atoms with Crippen LogP contribution in [-0.2, 0) is 6.54 Å². The van der Waals surface area contributed by atoms with Crippen molar-refractivity contribution in [2.75, 3.05) is 0 Å². The molecule has 3 rings (SSSR count). The van der Waals surface area contributed by atoms with Gasteiger partial charge in [0.05, 0.1) is 17.2 Å². The minimum Gasteiger partial charge on any atom is -0.345 e. The van der Waals surface area contributed by atoms with Gasteiger partial charge in [-0.05, 0) is 42.5 Å². The molecule has 0 fully saturated rings. The van der Waals surface area contributed by atoms with Crippen LogP contribution in [0.1, 0.15) is 16.2 Å². The molecule has 0 unspecified atom stereocenters. The number of hydrogen-bond acceptors (Lipinski definition) is 5. The molecule has 10 heteroatoms. The van der Waals surface area contributed by atoms with Gasteiger partial charge in [-0.3, -0.25) is 24.6 Å². The average Bonchev–Trinajstić information content (AvgIpc) is 3.00. The highest BCUT2D eigenvalue weighted by atomic mass is 35.5. The molecule has 0 aliphatic carbocycles. The number of hydrogen-bond donors (Lipinski definition) is 2. The molecule has 0 atom stereocenters. The highest BCUT2D eigenvalue weighted by molar-refractivity contribution is 7.71. The lowest BCUT2D eigenvalue weighted by molar-refractivity contribution is -0.384. The molecular formula is C16H12ClN5O3S. The molecule has 2 N–H and O–H groups in total. The summed E-state index contributed by atoms with van der Waals surface area (Å²) in [6, 6.07) is 12.4. The standard InChI is InChI=1S/C16H12ClN5O3S/c17-11-2-1-3-13(8-11)21-14(19-20-16(21)26)9-18-15(23)10-4-6-12(7-5-10)22(24)25/h1-8H,9H2,(H,18,23)(H,20,26). The molecular weight excluding hydrogens is 378 g/mol. The summed E-state index contributed by atoms with van der Waals surface area (Å²) in [5.74, 6) is 0.110. The predicted molar refractivity (Wildman–Crippen MR) is 98.0 cm³/mol. The summed E-state index contributed by atoms with van der Waals surface area (Å²) in [7, 11) is 0. The van der Waals surface area contributed by atoms with E-state index < -0.39 is 4.92 Å². The molecule has 2 aromatic carbocycles. The zero-order valence-electron chi connectivity index (χ0n) is 13.2. The van der Waals surface area contributed by atoms with Crippen LogP contribution in [-0.4, -0.2) is 25.6 Å². The first-order valence-corrected chi connectivity index (χ1v) is 8.19. The molecule has 0 radical (unpaired) electrons. The molecule has 0 aliphatic rings. The fraction of sp³-hybridized carbons (Fsp3) is 0.0625. The van der Waals surface area contributed by atoms with Gasteiger partial charge in [-0.25, -0.2) is 0 Å². The molecule has 26 heavy (non-hydrogen) atoms. The van der Waals surface area contributed by atoms with Crippen molar-refractivity contribution in [1.82, 2.24) is 20.1 Å². The molecule has 0 saturated carbocycles. The maximum absolute atomic E-state index is 12.2. The average molecular weight is 390 g/mol. The molecule has 3 aromatic rings. The number of nitrogens with zero attached hydrogens (tertiary/aromatic N) is 3. The Morgan fingerprint density at radius 3 is 2.69 bits per heavy atom. The first kappa shape index (κ1) is 17.8. The molecule has 132 valence electrons. The number of nitro groups is 1. The monoisotopic (exact) mass is 389 g/mol. The zero-order valence-corrected chi connectivity index (χ0v) is 14.8. The van der Waals surface area contributed by atoms with Crippen molar-refractivity contribution >= 4 is 35.4 Å². The second kappa shape index (κ2) is 7.46. The van der Waals surface area contributed by atoms with E-state index in [1.54, 1.807) is 22.8 Å². The predicted octanol–water partition coefficient (Wildman–Crippen LogP) is 3.42. The van der Waals surface area contributed by atoms with Crippen molar-refractivity contribution in [1.29, 1.82) is 0 Å². The third-order valence-corrected chi connectivity index (χ3v) is 4.06. The molecule has 0 bridgehead atoms. The summed E-state index contributed by atoms with van der Waals surface area (Å²) in [6.45, 7) is 0.107. The summed E-state index contributed by atoms with van der Waals surface area (Å²) in [4.78, 5) is 22.4. The van der Waals surface area contributed by atoms with Crippen molar-refractivity contribution in [2.24, 2.45) is 0 Å². The Labute approximate surface area is 157 Å². The van der Waals surface area contributed by atoms with Crippen molar-refractivity contribution in [3.05, 3.63) is 79.8 Å². The summed E-state index contributed by atoms with van der Waals surface area (Å²) in [5, 5.41) is 20.7. The van der Waals surface area contributed by atoms with E-state index in [9.17, 15) is 14.9 Å². The SMILES string of the molecule is O=C(NCc1n[nH]c(=S)n1-c1cccc(Cl)c1)c1ccc([N+](=O)[O-])cc1. The molecule has 1 heterocycles. The Kier molecular flexibility index (Phi) is 5.10. The quantitative estimate of drug-likeness (QED) is 0.395. The van der Waals surface area contributed by atoms with Gasteiger partial charge in [0.1, 0.15) is 0 Å². The minimum absolute atomic E-state index is 0.0802. The van der Waals surface area contributed by atoms with Gasteiger partial charge < -0.3 is 5.32 Å². The van der Waals surface area contributed by atoms with Gasteiger partial charge >= 0.3 is 0 Å². The normalized spacial score (nSPS) is 10.5. The summed E-state index contributed by atoms with van der Waals surface area (Å²) in [6.07, 6.45) is 0. The molecule has 0 aliphatic heterocycles. The van der Waals surface area contributed by atoms with Gasteiger partial charge in [0, 0.05) is 22.7 Å². The molecule has 1 amide bonds. The Balaban J connectivity index is 1.77. The summed E-state index contributed by atoms with van der Waals surface area (Å²) >= 11 is 11.2. The van der Waals surface area contributed by atoms with Crippen LogP contribution in [0.5, 0.6) is 0 Å². The fourth-order valence-electron chi connectivity index (χ4n) is 2.33. The number of carbonyl (C=O) groups excluding carboxylic acids is 1. The Bertz CT molecular complexity index is 1030. The summed E-state index contributed by atoms with van der Waals surface area (Å²) in [5.41, 5.74) is 0.943. The van der Waals surface area contributed by atoms with E-state index >= 15 is 0 Å². The van der Waals surface area contributed by atoms with Gasteiger partial charge in [0.25, 0.3) is 11.6 Å². The number of rotatable bonds is 5. The van der Waals surface area contributed by atoms with Crippen molar-refractivity contribution in [2.45, 2.75) is 6.54 Å². The van der Waals surface area contributed by atoms with Gasteiger partial charge in [-0.2, -0.15) is 5.10 Å². The van der Waals surface area contributed by atoms with Gasteiger partial charge in [-0.15, -0.1) is 0 Å². The number of carbonyl (C=O) groups is 1. The number of non-ortho nitro benzene ring substituents is 1. The number of aromatic nitrogens is 3. The molecule has 8 nitrogen and oxygen atoms in total. The van der Waals surface area contributed by atoms with Crippen LogP contribution < -0.4 is 5.32 Å².